The minimum atomic E-state index is -3.48. The Balaban J connectivity index is 1.26. The second-order valence-corrected chi connectivity index (χ2v) is 12.4. The minimum absolute atomic E-state index is 0.281. The SMILES string of the molecule is C=C[C@@H]1C[C@]1(NC(=O)[C@@H]1C[C@@H](Oc2ncc(OC)c3ccc(Cl)cc23)CN1)C(=O)CS(=O)(=O)C1CC1. The highest BCUT2D eigenvalue weighted by atomic mass is 35.5. The van der Waals surface area contributed by atoms with Crippen molar-refractivity contribution >= 4 is 43.9 Å². The van der Waals surface area contributed by atoms with Crippen molar-refractivity contribution in [2.75, 3.05) is 19.4 Å². The van der Waals surface area contributed by atoms with Crippen molar-refractivity contribution < 1.29 is 27.5 Å². The average Bonchev–Trinajstić information content (AvgIpc) is 3.76. The summed E-state index contributed by atoms with van der Waals surface area (Å²) in [4.78, 5) is 30.5. The Morgan fingerprint density at radius 2 is 2.11 bits per heavy atom. The molecule has 0 spiro atoms. The summed E-state index contributed by atoms with van der Waals surface area (Å²) in [5, 5.41) is 7.58. The third-order valence-corrected chi connectivity index (χ3v) is 9.58. The Morgan fingerprint density at radius 1 is 1.33 bits per heavy atom. The highest BCUT2D eigenvalue weighted by Gasteiger charge is 2.60. The van der Waals surface area contributed by atoms with Gasteiger partial charge in [-0.3, -0.25) is 9.59 Å². The van der Waals surface area contributed by atoms with Gasteiger partial charge in [-0.1, -0.05) is 17.7 Å². The zero-order valence-electron chi connectivity index (χ0n) is 19.8. The molecule has 1 aromatic heterocycles. The van der Waals surface area contributed by atoms with E-state index in [1.54, 1.807) is 31.5 Å². The molecule has 2 heterocycles. The molecule has 11 heteroatoms. The lowest BCUT2D eigenvalue weighted by Crippen LogP contribution is -2.52. The van der Waals surface area contributed by atoms with Gasteiger partial charge in [0.2, 0.25) is 11.8 Å². The Morgan fingerprint density at radius 3 is 2.78 bits per heavy atom. The number of Topliss-reactive ketones (excluding diaryl/α,β-unsaturated/α-hetero) is 1. The number of halogens is 1. The number of pyridine rings is 1. The van der Waals surface area contributed by atoms with Gasteiger partial charge >= 0.3 is 0 Å². The largest absolute Gasteiger partial charge is 0.494 e. The first-order valence-electron chi connectivity index (χ1n) is 11.9. The summed E-state index contributed by atoms with van der Waals surface area (Å²) in [5.41, 5.74) is -1.20. The fourth-order valence-corrected chi connectivity index (χ4v) is 6.73. The number of hydrogen-bond donors (Lipinski definition) is 2. The predicted molar refractivity (Wildman–Crippen MR) is 135 cm³/mol. The number of aromatic nitrogens is 1. The van der Waals surface area contributed by atoms with Crippen LogP contribution in [0, 0.1) is 5.92 Å². The van der Waals surface area contributed by atoms with Crippen molar-refractivity contribution in [3.05, 3.63) is 42.1 Å². The molecule has 2 N–H and O–H groups in total. The van der Waals surface area contributed by atoms with Crippen LogP contribution in [-0.2, 0) is 19.4 Å². The van der Waals surface area contributed by atoms with Crippen LogP contribution in [0.25, 0.3) is 10.8 Å². The van der Waals surface area contributed by atoms with Gasteiger partial charge in [-0.05, 0) is 37.5 Å². The number of rotatable bonds is 10. The van der Waals surface area contributed by atoms with Crippen LogP contribution in [0.4, 0.5) is 0 Å². The summed E-state index contributed by atoms with van der Waals surface area (Å²) in [6, 6.07) is 4.75. The van der Waals surface area contributed by atoms with Gasteiger partial charge in [0.1, 0.15) is 23.1 Å². The maximum atomic E-state index is 13.1. The predicted octanol–water partition coefficient (Wildman–Crippen LogP) is 2.21. The number of ketones is 1. The van der Waals surface area contributed by atoms with E-state index < -0.39 is 38.2 Å². The van der Waals surface area contributed by atoms with Gasteiger partial charge in [-0.25, -0.2) is 13.4 Å². The Kier molecular flexibility index (Phi) is 6.46. The van der Waals surface area contributed by atoms with E-state index in [-0.39, 0.29) is 17.9 Å². The number of methoxy groups -OCH3 is 1. The van der Waals surface area contributed by atoms with E-state index in [0.717, 1.165) is 5.39 Å². The second kappa shape index (κ2) is 9.32. The molecule has 1 amide bonds. The molecular weight excluding hydrogens is 506 g/mol. The molecule has 1 aromatic carbocycles. The van der Waals surface area contributed by atoms with Gasteiger partial charge in [0.25, 0.3) is 0 Å². The summed E-state index contributed by atoms with van der Waals surface area (Å²) in [5.74, 6) is -0.688. The number of carbonyl (C=O) groups excluding carboxylic acids is 2. The normalized spacial score (nSPS) is 27.4. The molecule has 2 saturated carbocycles. The first kappa shape index (κ1) is 25.0. The summed E-state index contributed by atoms with van der Waals surface area (Å²) in [6.45, 7) is 4.14. The van der Waals surface area contributed by atoms with E-state index in [1.165, 1.54) is 0 Å². The lowest BCUT2D eigenvalue weighted by atomic mass is 10.1. The molecule has 9 nitrogen and oxygen atoms in total. The van der Waals surface area contributed by atoms with Gasteiger partial charge in [0.05, 0.1) is 24.6 Å². The number of hydrogen-bond acceptors (Lipinski definition) is 8. The average molecular weight is 534 g/mol. The molecule has 36 heavy (non-hydrogen) atoms. The quantitative estimate of drug-likeness (QED) is 0.446. The zero-order chi connectivity index (χ0) is 25.7. The summed E-state index contributed by atoms with van der Waals surface area (Å²) >= 11 is 6.18. The molecule has 1 aliphatic heterocycles. The van der Waals surface area contributed by atoms with Crippen LogP contribution < -0.4 is 20.1 Å². The highest BCUT2D eigenvalue weighted by Crippen LogP contribution is 2.46. The molecule has 4 atom stereocenters. The lowest BCUT2D eigenvalue weighted by Gasteiger charge is -2.20. The third kappa shape index (κ3) is 4.69. The monoisotopic (exact) mass is 533 g/mol. The molecule has 2 aromatic rings. The minimum Gasteiger partial charge on any atom is -0.494 e. The smallest absolute Gasteiger partial charge is 0.238 e. The van der Waals surface area contributed by atoms with E-state index in [9.17, 15) is 18.0 Å². The summed E-state index contributed by atoms with van der Waals surface area (Å²) in [6.07, 6.45) is 4.73. The Labute approximate surface area is 214 Å². The standard InChI is InChI=1S/C25H28ClN3O6S/c1-3-14-10-25(14,22(30)13-36(32,33)17-5-6-17)29-23(31)20-9-16(11-27-20)35-24-19-8-15(26)4-7-18(19)21(34-2)12-28-24/h3-4,7-8,12,14,16-17,20,27H,1,5-6,9-11,13H2,2H3,(H,29,31)/t14-,16-,20+,25-/m1/s1. The van der Waals surface area contributed by atoms with Crippen LogP contribution in [0.3, 0.4) is 0 Å². The molecule has 0 radical (unpaired) electrons. The maximum absolute atomic E-state index is 13.1. The van der Waals surface area contributed by atoms with E-state index >= 15 is 0 Å². The number of nitrogens with zero attached hydrogens (tertiary/aromatic N) is 1. The number of nitrogens with one attached hydrogen (secondary N) is 2. The molecular formula is C25H28ClN3O6S. The number of ether oxygens (including phenoxy) is 2. The number of benzene rings is 1. The molecule has 0 unspecified atom stereocenters. The van der Waals surface area contributed by atoms with Crippen molar-refractivity contribution in [3.8, 4) is 11.6 Å². The molecule has 192 valence electrons. The summed E-state index contributed by atoms with van der Waals surface area (Å²) in [7, 11) is -1.92. The summed E-state index contributed by atoms with van der Waals surface area (Å²) < 4.78 is 36.3. The van der Waals surface area contributed by atoms with Gasteiger partial charge < -0.3 is 20.1 Å². The van der Waals surface area contributed by atoms with Gasteiger partial charge in [-0.15, -0.1) is 6.58 Å². The van der Waals surface area contributed by atoms with Crippen molar-refractivity contribution in [1.82, 2.24) is 15.6 Å². The number of carbonyl (C=O) groups is 2. The van der Waals surface area contributed by atoms with E-state index in [0.29, 0.717) is 54.3 Å². The van der Waals surface area contributed by atoms with Crippen molar-refractivity contribution in [1.29, 1.82) is 0 Å². The van der Waals surface area contributed by atoms with Gasteiger partial charge in [0.15, 0.2) is 15.6 Å². The first-order chi connectivity index (χ1) is 17.2. The van der Waals surface area contributed by atoms with Gasteiger partial charge in [0, 0.05) is 34.7 Å². The zero-order valence-corrected chi connectivity index (χ0v) is 21.4. The molecule has 1 saturated heterocycles. The van der Waals surface area contributed by atoms with Crippen molar-refractivity contribution in [2.24, 2.45) is 5.92 Å². The van der Waals surface area contributed by atoms with Crippen molar-refractivity contribution in [2.45, 2.75) is 48.6 Å². The van der Waals surface area contributed by atoms with Crippen molar-refractivity contribution in [3.63, 3.8) is 0 Å². The van der Waals surface area contributed by atoms with Crippen LogP contribution in [-0.4, -0.2) is 67.4 Å². The molecule has 5 rings (SSSR count). The maximum Gasteiger partial charge on any atom is 0.238 e. The lowest BCUT2D eigenvalue weighted by molar-refractivity contribution is -0.129. The number of amides is 1. The first-order valence-corrected chi connectivity index (χ1v) is 14.0. The van der Waals surface area contributed by atoms with E-state index in [4.69, 9.17) is 21.1 Å². The van der Waals surface area contributed by atoms with E-state index in [1.807, 2.05) is 6.07 Å². The molecule has 3 aliphatic rings. The molecule has 3 fully saturated rings. The number of sulfone groups is 1. The molecule has 0 bridgehead atoms. The Hall–Kier alpha value is -2.69. The third-order valence-electron chi connectivity index (χ3n) is 7.19. The van der Waals surface area contributed by atoms with Crippen LogP contribution in [0.5, 0.6) is 11.6 Å². The molecule has 2 aliphatic carbocycles. The van der Waals surface area contributed by atoms with E-state index in [2.05, 4.69) is 22.2 Å². The van der Waals surface area contributed by atoms with Crippen LogP contribution in [0.15, 0.2) is 37.1 Å². The Bertz CT molecular complexity index is 1340. The van der Waals surface area contributed by atoms with Crippen LogP contribution in [0.2, 0.25) is 5.02 Å². The highest BCUT2D eigenvalue weighted by molar-refractivity contribution is 7.93. The van der Waals surface area contributed by atoms with Crippen LogP contribution >= 0.6 is 11.6 Å². The van der Waals surface area contributed by atoms with Crippen LogP contribution in [0.1, 0.15) is 25.7 Å². The van der Waals surface area contributed by atoms with Gasteiger partial charge in [-0.2, -0.15) is 0 Å². The fourth-order valence-electron chi connectivity index (χ4n) is 4.84. The number of fused-ring (bicyclic) bond motifs is 1. The second-order valence-electron chi connectivity index (χ2n) is 9.69. The topological polar surface area (TPSA) is 124 Å². The fraction of sp³-hybridized carbons (Fsp3) is 0.480.